The first-order valence-corrected chi connectivity index (χ1v) is 3.77. The molecular formula is C8H10FN3O. The van der Waals surface area contributed by atoms with Crippen LogP contribution in [0, 0.1) is 5.82 Å². The summed E-state index contributed by atoms with van der Waals surface area (Å²) < 4.78 is 12.4. The summed E-state index contributed by atoms with van der Waals surface area (Å²) in [5.74, 6) is -0.499. The quantitative estimate of drug-likeness (QED) is 0.701. The maximum atomic E-state index is 12.4. The Morgan fingerprint density at radius 3 is 2.85 bits per heavy atom. The van der Waals surface area contributed by atoms with Crippen molar-refractivity contribution in [3.63, 3.8) is 0 Å². The Kier molecular flexibility index (Phi) is 2.92. The SMILES string of the molecule is C[C@H](N)C(=O)Nc1ccc(F)cn1. The van der Waals surface area contributed by atoms with Gasteiger partial charge in [-0.1, -0.05) is 0 Å². The fraction of sp³-hybridized carbons (Fsp3) is 0.250. The van der Waals surface area contributed by atoms with E-state index in [1.165, 1.54) is 12.1 Å². The van der Waals surface area contributed by atoms with Crippen molar-refractivity contribution in [1.82, 2.24) is 4.98 Å². The number of nitrogens with two attached hydrogens (primary N) is 1. The highest BCUT2D eigenvalue weighted by atomic mass is 19.1. The second kappa shape index (κ2) is 3.95. The molecule has 13 heavy (non-hydrogen) atoms. The van der Waals surface area contributed by atoms with Crippen LogP contribution in [0.4, 0.5) is 10.2 Å². The highest BCUT2D eigenvalue weighted by molar-refractivity contribution is 5.93. The maximum Gasteiger partial charge on any atom is 0.242 e. The summed E-state index contributed by atoms with van der Waals surface area (Å²) in [6.07, 6.45) is 1.02. The zero-order valence-electron chi connectivity index (χ0n) is 7.12. The molecule has 0 aliphatic heterocycles. The number of nitrogens with one attached hydrogen (secondary N) is 1. The summed E-state index contributed by atoms with van der Waals surface area (Å²) in [6.45, 7) is 1.55. The Balaban J connectivity index is 2.65. The largest absolute Gasteiger partial charge is 0.320 e. The van der Waals surface area contributed by atoms with E-state index in [9.17, 15) is 9.18 Å². The molecule has 0 bridgehead atoms. The number of amides is 1. The topological polar surface area (TPSA) is 68.0 Å². The monoisotopic (exact) mass is 183 g/mol. The van der Waals surface area contributed by atoms with E-state index in [4.69, 9.17) is 5.73 Å². The Morgan fingerprint density at radius 2 is 2.38 bits per heavy atom. The Labute approximate surface area is 75.0 Å². The minimum absolute atomic E-state index is 0.295. The minimum atomic E-state index is -0.605. The van der Waals surface area contributed by atoms with E-state index in [1.807, 2.05) is 0 Å². The van der Waals surface area contributed by atoms with Gasteiger partial charge in [-0.05, 0) is 19.1 Å². The summed E-state index contributed by atoms with van der Waals surface area (Å²) >= 11 is 0. The number of nitrogens with zero attached hydrogens (tertiary/aromatic N) is 1. The standard InChI is InChI=1S/C8H10FN3O/c1-5(10)8(13)12-7-3-2-6(9)4-11-7/h2-5H,10H2,1H3,(H,11,12,13)/t5-/m0/s1. The predicted molar refractivity (Wildman–Crippen MR) is 46.5 cm³/mol. The fourth-order valence-electron chi connectivity index (χ4n) is 0.690. The summed E-state index contributed by atoms with van der Waals surface area (Å²) in [7, 11) is 0. The number of pyridine rings is 1. The van der Waals surface area contributed by atoms with Gasteiger partial charge in [0.1, 0.15) is 11.6 Å². The molecule has 0 radical (unpaired) electrons. The van der Waals surface area contributed by atoms with E-state index in [-0.39, 0.29) is 5.91 Å². The van der Waals surface area contributed by atoms with Crippen LogP contribution in [0.3, 0.4) is 0 Å². The molecule has 0 saturated carbocycles. The number of rotatable bonds is 2. The number of carbonyl (C=O) groups excluding carboxylic acids is 1. The molecule has 1 amide bonds. The second-order valence-corrected chi connectivity index (χ2v) is 2.64. The van der Waals surface area contributed by atoms with Crippen LogP contribution in [0.2, 0.25) is 0 Å². The average Bonchev–Trinajstić information content (AvgIpc) is 2.08. The molecule has 0 aliphatic rings. The molecule has 1 aromatic heterocycles. The normalized spacial score (nSPS) is 12.2. The van der Waals surface area contributed by atoms with Crippen LogP contribution in [0.15, 0.2) is 18.3 Å². The first-order valence-electron chi connectivity index (χ1n) is 3.77. The molecule has 0 fully saturated rings. The molecule has 5 heteroatoms. The third kappa shape index (κ3) is 2.79. The van der Waals surface area contributed by atoms with Gasteiger partial charge >= 0.3 is 0 Å². The van der Waals surface area contributed by atoms with Gasteiger partial charge in [0.15, 0.2) is 0 Å². The van der Waals surface area contributed by atoms with Crippen molar-refractivity contribution < 1.29 is 9.18 Å². The van der Waals surface area contributed by atoms with Crippen molar-refractivity contribution in [2.45, 2.75) is 13.0 Å². The van der Waals surface area contributed by atoms with Crippen LogP contribution in [-0.4, -0.2) is 16.9 Å². The molecule has 0 spiro atoms. The molecule has 70 valence electrons. The van der Waals surface area contributed by atoms with Gasteiger partial charge in [0, 0.05) is 0 Å². The highest BCUT2D eigenvalue weighted by Crippen LogP contribution is 2.03. The van der Waals surface area contributed by atoms with E-state index in [1.54, 1.807) is 6.92 Å². The Hall–Kier alpha value is -1.49. The second-order valence-electron chi connectivity index (χ2n) is 2.64. The smallest absolute Gasteiger partial charge is 0.242 e. The van der Waals surface area contributed by atoms with Gasteiger partial charge in [-0.15, -0.1) is 0 Å². The molecule has 0 aromatic carbocycles. The summed E-state index contributed by atoms with van der Waals surface area (Å²) in [5, 5.41) is 2.43. The third-order valence-electron chi connectivity index (χ3n) is 1.39. The van der Waals surface area contributed by atoms with Gasteiger partial charge in [0.2, 0.25) is 5.91 Å². The van der Waals surface area contributed by atoms with Crippen LogP contribution in [-0.2, 0) is 4.79 Å². The molecule has 1 heterocycles. The number of carbonyl (C=O) groups is 1. The average molecular weight is 183 g/mol. The van der Waals surface area contributed by atoms with Gasteiger partial charge in [0.05, 0.1) is 12.2 Å². The van der Waals surface area contributed by atoms with E-state index in [2.05, 4.69) is 10.3 Å². The first kappa shape index (κ1) is 9.60. The van der Waals surface area contributed by atoms with Crippen LogP contribution in [0.1, 0.15) is 6.92 Å². The van der Waals surface area contributed by atoms with Crippen LogP contribution >= 0.6 is 0 Å². The molecule has 0 aliphatic carbocycles. The van der Waals surface area contributed by atoms with Crippen molar-refractivity contribution in [2.75, 3.05) is 5.32 Å². The van der Waals surface area contributed by atoms with E-state index >= 15 is 0 Å². The Bertz CT molecular complexity index is 297. The van der Waals surface area contributed by atoms with Gasteiger partial charge in [-0.2, -0.15) is 0 Å². The number of anilines is 1. The zero-order chi connectivity index (χ0) is 9.84. The van der Waals surface area contributed by atoms with Gasteiger partial charge in [0.25, 0.3) is 0 Å². The molecule has 1 rings (SSSR count). The number of aromatic nitrogens is 1. The molecule has 1 atom stereocenters. The van der Waals surface area contributed by atoms with E-state index in [0.717, 1.165) is 6.20 Å². The van der Waals surface area contributed by atoms with Crippen molar-refractivity contribution in [2.24, 2.45) is 5.73 Å². The maximum absolute atomic E-state index is 12.4. The molecule has 4 nitrogen and oxygen atoms in total. The summed E-state index contributed by atoms with van der Waals surface area (Å²) in [4.78, 5) is 14.7. The Morgan fingerprint density at radius 1 is 1.69 bits per heavy atom. The lowest BCUT2D eigenvalue weighted by molar-refractivity contribution is -0.117. The number of hydrogen-bond acceptors (Lipinski definition) is 3. The highest BCUT2D eigenvalue weighted by Gasteiger charge is 2.07. The first-order chi connectivity index (χ1) is 6.09. The zero-order valence-corrected chi connectivity index (χ0v) is 7.12. The summed E-state index contributed by atoms with van der Waals surface area (Å²) in [5.41, 5.74) is 5.30. The van der Waals surface area contributed by atoms with Crippen molar-refractivity contribution >= 4 is 11.7 Å². The molecular weight excluding hydrogens is 173 g/mol. The fourth-order valence-corrected chi connectivity index (χ4v) is 0.690. The molecule has 0 unspecified atom stereocenters. The van der Waals surface area contributed by atoms with Crippen molar-refractivity contribution in [1.29, 1.82) is 0 Å². The lowest BCUT2D eigenvalue weighted by atomic mass is 10.3. The lowest BCUT2D eigenvalue weighted by Crippen LogP contribution is -2.32. The van der Waals surface area contributed by atoms with E-state index in [0.29, 0.717) is 5.82 Å². The lowest BCUT2D eigenvalue weighted by Gasteiger charge is -2.05. The summed E-state index contributed by atoms with van der Waals surface area (Å²) in [6, 6.07) is 1.98. The predicted octanol–water partition coefficient (Wildman–Crippen LogP) is 0.506. The number of hydrogen-bond donors (Lipinski definition) is 2. The number of halogens is 1. The van der Waals surface area contributed by atoms with Crippen molar-refractivity contribution in [3.8, 4) is 0 Å². The van der Waals surface area contributed by atoms with Gasteiger partial charge in [-0.3, -0.25) is 4.79 Å². The molecule has 3 N–H and O–H groups in total. The molecule has 0 saturated heterocycles. The van der Waals surface area contributed by atoms with Gasteiger partial charge in [-0.25, -0.2) is 9.37 Å². The van der Waals surface area contributed by atoms with E-state index < -0.39 is 11.9 Å². The molecule has 1 aromatic rings. The van der Waals surface area contributed by atoms with Gasteiger partial charge < -0.3 is 11.1 Å². The van der Waals surface area contributed by atoms with Crippen molar-refractivity contribution in [3.05, 3.63) is 24.1 Å². The third-order valence-corrected chi connectivity index (χ3v) is 1.39. The van der Waals surface area contributed by atoms with Crippen LogP contribution < -0.4 is 11.1 Å². The minimum Gasteiger partial charge on any atom is -0.320 e. The van der Waals surface area contributed by atoms with Crippen LogP contribution in [0.5, 0.6) is 0 Å². The van der Waals surface area contributed by atoms with Crippen LogP contribution in [0.25, 0.3) is 0 Å².